The number of aromatic nitrogens is 2. The summed E-state index contributed by atoms with van der Waals surface area (Å²) in [5.74, 6) is -0.193. The molecule has 0 saturated heterocycles. The second kappa shape index (κ2) is 6.63. The van der Waals surface area contributed by atoms with Crippen LogP contribution in [0, 0.1) is 0 Å². The van der Waals surface area contributed by atoms with Gasteiger partial charge in [0.15, 0.2) is 0 Å². The summed E-state index contributed by atoms with van der Waals surface area (Å²) in [6.45, 7) is 2.21. The van der Waals surface area contributed by atoms with Crippen LogP contribution in [0.2, 0.25) is 5.02 Å². The highest BCUT2D eigenvalue weighted by Gasteiger charge is 2.08. The topological polar surface area (TPSA) is 52.1 Å². The molecule has 19 heavy (non-hydrogen) atoms. The fraction of sp³-hybridized carbons (Fsp3) is 0.308. The van der Waals surface area contributed by atoms with E-state index in [1.54, 1.807) is 19.2 Å². The number of halogens is 1. The van der Waals surface area contributed by atoms with Crippen molar-refractivity contribution in [1.82, 2.24) is 9.97 Å². The third-order valence-electron chi connectivity index (χ3n) is 2.39. The Morgan fingerprint density at radius 2 is 2.32 bits per heavy atom. The van der Waals surface area contributed by atoms with E-state index in [4.69, 9.17) is 16.3 Å². The van der Waals surface area contributed by atoms with Crippen LogP contribution >= 0.6 is 22.9 Å². The third kappa shape index (κ3) is 4.01. The van der Waals surface area contributed by atoms with Crippen molar-refractivity contribution >= 4 is 28.9 Å². The molecule has 0 aliphatic rings. The molecule has 2 aromatic rings. The molecule has 0 fully saturated rings. The number of thiazole rings is 1. The molecule has 4 nitrogen and oxygen atoms in total. The van der Waals surface area contributed by atoms with Crippen molar-refractivity contribution < 1.29 is 9.53 Å². The van der Waals surface area contributed by atoms with Crippen molar-refractivity contribution in [3.05, 3.63) is 34.4 Å². The highest BCUT2D eigenvalue weighted by molar-refractivity contribution is 7.13. The summed E-state index contributed by atoms with van der Waals surface area (Å²) in [5.41, 5.74) is 1.67. The van der Waals surface area contributed by atoms with Crippen molar-refractivity contribution in [2.75, 3.05) is 6.61 Å². The maximum atomic E-state index is 11.3. The first-order chi connectivity index (χ1) is 9.19. The number of hydrogen-bond donors (Lipinski definition) is 0. The molecule has 0 amide bonds. The minimum Gasteiger partial charge on any atom is -0.466 e. The van der Waals surface area contributed by atoms with Crippen molar-refractivity contribution in [3.8, 4) is 10.7 Å². The van der Waals surface area contributed by atoms with Crippen LogP contribution in [-0.4, -0.2) is 22.5 Å². The maximum Gasteiger partial charge on any atom is 0.306 e. The quantitative estimate of drug-likeness (QED) is 0.794. The molecular weight excluding hydrogens is 284 g/mol. The van der Waals surface area contributed by atoms with E-state index in [-0.39, 0.29) is 5.97 Å². The van der Waals surface area contributed by atoms with Gasteiger partial charge in [-0.1, -0.05) is 11.6 Å². The van der Waals surface area contributed by atoms with E-state index < -0.39 is 0 Å². The summed E-state index contributed by atoms with van der Waals surface area (Å²) < 4.78 is 4.88. The van der Waals surface area contributed by atoms with Crippen molar-refractivity contribution in [2.24, 2.45) is 0 Å². The molecule has 0 unspecified atom stereocenters. The average molecular weight is 297 g/mol. The lowest BCUT2D eigenvalue weighted by molar-refractivity contribution is -0.143. The first-order valence-electron chi connectivity index (χ1n) is 5.91. The smallest absolute Gasteiger partial charge is 0.306 e. The number of nitrogens with zero attached hydrogens (tertiary/aromatic N) is 2. The summed E-state index contributed by atoms with van der Waals surface area (Å²) in [4.78, 5) is 19.9. The first-order valence-corrected chi connectivity index (χ1v) is 7.16. The van der Waals surface area contributed by atoms with E-state index >= 15 is 0 Å². The van der Waals surface area contributed by atoms with Crippen LogP contribution in [-0.2, 0) is 16.0 Å². The molecule has 6 heteroatoms. The Balaban J connectivity index is 1.99. The highest BCUT2D eigenvalue weighted by Crippen LogP contribution is 2.23. The van der Waals surface area contributed by atoms with Crippen LogP contribution in [0.4, 0.5) is 0 Å². The Morgan fingerprint density at radius 3 is 3.00 bits per heavy atom. The summed E-state index contributed by atoms with van der Waals surface area (Å²) in [6.07, 6.45) is 2.53. The largest absolute Gasteiger partial charge is 0.466 e. The fourth-order valence-corrected chi connectivity index (χ4v) is 2.45. The van der Waals surface area contributed by atoms with Crippen LogP contribution in [0.1, 0.15) is 19.0 Å². The van der Waals surface area contributed by atoms with Crippen LogP contribution in [0.25, 0.3) is 10.7 Å². The monoisotopic (exact) mass is 296 g/mol. The maximum absolute atomic E-state index is 11.3. The molecule has 0 aromatic carbocycles. The fourth-order valence-electron chi connectivity index (χ4n) is 1.51. The predicted octanol–water partition coefficient (Wildman–Crippen LogP) is 3.35. The number of rotatable bonds is 5. The van der Waals surface area contributed by atoms with Crippen LogP contribution in [0.5, 0.6) is 0 Å². The molecular formula is C13H13ClN2O2S. The molecule has 0 N–H and O–H groups in total. The summed E-state index contributed by atoms with van der Waals surface area (Å²) in [6, 6.07) is 3.61. The van der Waals surface area contributed by atoms with E-state index in [2.05, 4.69) is 9.97 Å². The van der Waals surface area contributed by atoms with Gasteiger partial charge in [-0.25, -0.2) is 4.98 Å². The van der Waals surface area contributed by atoms with Crippen LogP contribution in [0.3, 0.4) is 0 Å². The van der Waals surface area contributed by atoms with Crippen LogP contribution < -0.4 is 0 Å². The van der Waals surface area contributed by atoms with Crippen molar-refractivity contribution in [3.63, 3.8) is 0 Å². The number of carbonyl (C=O) groups excluding carboxylic acids is 1. The SMILES string of the molecule is CCOC(=O)CCc1csc(-c2ccc(Cl)cn2)n1. The number of esters is 1. The van der Waals surface area contributed by atoms with E-state index in [1.807, 2.05) is 11.4 Å². The van der Waals surface area contributed by atoms with Gasteiger partial charge in [0.1, 0.15) is 5.01 Å². The first kappa shape index (κ1) is 14.0. The Labute approximate surface area is 120 Å². The molecule has 2 aromatic heterocycles. The highest BCUT2D eigenvalue weighted by atomic mass is 35.5. The van der Waals surface area contributed by atoms with Gasteiger partial charge in [0.2, 0.25) is 0 Å². The summed E-state index contributed by atoms with van der Waals surface area (Å²) in [5, 5.41) is 3.36. The van der Waals surface area contributed by atoms with Crippen LogP contribution in [0.15, 0.2) is 23.7 Å². The van der Waals surface area contributed by atoms with Crippen molar-refractivity contribution in [1.29, 1.82) is 0 Å². The predicted molar refractivity (Wildman–Crippen MR) is 75.3 cm³/mol. The Morgan fingerprint density at radius 1 is 1.47 bits per heavy atom. The lowest BCUT2D eigenvalue weighted by Gasteiger charge is -1.99. The number of pyridine rings is 1. The number of ether oxygens (including phenoxy) is 1. The zero-order valence-corrected chi connectivity index (χ0v) is 12.0. The molecule has 0 spiro atoms. The summed E-state index contributed by atoms with van der Waals surface area (Å²) >= 11 is 7.29. The van der Waals surface area contributed by atoms with Gasteiger partial charge in [-0.05, 0) is 19.1 Å². The lowest BCUT2D eigenvalue weighted by Crippen LogP contribution is -2.05. The Hall–Kier alpha value is -1.46. The van der Waals surface area contributed by atoms with E-state index in [0.717, 1.165) is 16.4 Å². The molecule has 0 bridgehead atoms. The van der Waals surface area contributed by atoms with Gasteiger partial charge in [0.25, 0.3) is 0 Å². The number of carbonyl (C=O) groups is 1. The molecule has 0 saturated carbocycles. The van der Waals surface area contributed by atoms with Gasteiger partial charge in [0, 0.05) is 18.0 Å². The molecule has 0 radical (unpaired) electrons. The molecule has 0 atom stereocenters. The van der Waals surface area contributed by atoms with E-state index in [0.29, 0.717) is 24.5 Å². The van der Waals surface area contributed by atoms with Gasteiger partial charge in [-0.15, -0.1) is 11.3 Å². The molecule has 100 valence electrons. The number of hydrogen-bond acceptors (Lipinski definition) is 5. The van der Waals surface area contributed by atoms with Gasteiger partial charge in [-0.2, -0.15) is 0 Å². The second-order valence-corrected chi connectivity index (χ2v) is 5.11. The Bertz CT molecular complexity index is 554. The van der Waals surface area contributed by atoms with Gasteiger partial charge in [-0.3, -0.25) is 9.78 Å². The Kier molecular flexibility index (Phi) is 4.87. The third-order valence-corrected chi connectivity index (χ3v) is 3.53. The average Bonchev–Trinajstić information content (AvgIpc) is 2.86. The van der Waals surface area contributed by atoms with Gasteiger partial charge < -0.3 is 4.74 Å². The molecule has 0 aliphatic heterocycles. The zero-order chi connectivity index (χ0) is 13.7. The molecule has 0 aliphatic carbocycles. The minimum absolute atomic E-state index is 0.193. The lowest BCUT2D eigenvalue weighted by atomic mass is 10.2. The molecule has 2 rings (SSSR count). The van der Waals surface area contributed by atoms with Gasteiger partial charge in [0.05, 0.1) is 29.4 Å². The minimum atomic E-state index is -0.193. The van der Waals surface area contributed by atoms with Crippen molar-refractivity contribution in [2.45, 2.75) is 19.8 Å². The second-order valence-electron chi connectivity index (χ2n) is 3.81. The van der Waals surface area contributed by atoms with E-state index in [9.17, 15) is 4.79 Å². The van der Waals surface area contributed by atoms with Gasteiger partial charge >= 0.3 is 5.97 Å². The summed E-state index contributed by atoms with van der Waals surface area (Å²) in [7, 11) is 0. The standard InChI is InChI=1S/C13H13ClN2O2S/c1-2-18-12(17)6-4-10-8-19-13(16-10)11-5-3-9(14)7-15-11/h3,5,7-8H,2,4,6H2,1H3. The van der Waals surface area contributed by atoms with E-state index in [1.165, 1.54) is 11.3 Å². The number of aryl methyl sites for hydroxylation is 1. The molecule has 2 heterocycles. The zero-order valence-electron chi connectivity index (χ0n) is 10.4. The normalized spacial score (nSPS) is 10.4.